The van der Waals surface area contributed by atoms with Gasteiger partial charge in [-0.1, -0.05) is 0 Å². The predicted molar refractivity (Wildman–Crippen MR) is 67.2 cm³/mol. The van der Waals surface area contributed by atoms with E-state index in [1.54, 1.807) is 0 Å². The van der Waals surface area contributed by atoms with E-state index in [-0.39, 0.29) is 5.56 Å². The molecule has 0 saturated carbocycles. The van der Waals surface area contributed by atoms with Crippen LogP contribution < -0.4 is 9.47 Å². The highest BCUT2D eigenvalue weighted by atomic mass is 79.9. The zero-order valence-corrected chi connectivity index (χ0v) is 11.4. The van der Waals surface area contributed by atoms with E-state index in [0.717, 1.165) is 0 Å². The van der Waals surface area contributed by atoms with Gasteiger partial charge in [-0.3, -0.25) is 0 Å². The van der Waals surface area contributed by atoms with E-state index in [4.69, 9.17) is 14.6 Å². The Morgan fingerprint density at radius 3 is 2.74 bits per heavy atom. The van der Waals surface area contributed by atoms with Crippen molar-refractivity contribution in [3.8, 4) is 11.5 Å². The number of rotatable bonds is 3. The summed E-state index contributed by atoms with van der Waals surface area (Å²) in [6.45, 7) is 0.936. The Balaban J connectivity index is 2.35. The Kier molecular flexibility index (Phi) is 4.26. The van der Waals surface area contributed by atoms with Crippen molar-refractivity contribution in [2.75, 3.05) is 13.2 Å². The predicted octanol–water partition coefficient (Wildman–Crippen LogP) is 2.07. The number of alkyl halides is 1. The molecule has 0 radical (unpaired) electrons. The fourth-order valence-electron chi connectivity index (χ4n) is 1.73. The molecular weight excluding hydrogens is 323 g/mol. The molecule has 1 aliphatic rings. The minimum Gasteiger partial charge on any atom is -0.490 e. The first-order valence-electron chi connectivity index (χ1n) is 5.64. The fourth-order valence-corrected chi connectivity index (χ4v) is 2.30. The van der Waals surface area contributed by atoms with Crippen molar-refractivity contribution < 1.29 is 28.9 Å². The third-order valence-electron chi connectivity index (χ3n) is 2.68. The summed E-state index contributed by atoms with van der Waals surface area (Å²) in [6, 6.07) is 2.82. The van der Waals surface area contributed by atoms with Crippen molar-refractivity contribution in [1.29, 1.82) is 0 Å². The summed E-state index contributed by atoms with van der Waals surface area (Å²) in [6.07, 6.45) is -3.44. The molecule has 5 nitrogen and oxygen atoms in total. The van der Waals surface area contributed by atoms with Crippen LogP contribution in [0.15, 0.2) is 16.6 Å². The Morgan fingerprint density at radius 2 is 2.05 bits per heavy atom. The van der Waals surface area contributed by atoms with Gasteiger partial charge in [0, 0.05) is 6.42 Å². The summed E-state index contributed by atoms with van der Waals surface area (Å²) in [5.41, 5.74) is 0.117. The molecule has 0 aromatic heterocycles. The molecule has 1 aromatic carbocycles. The second-order valence-corrected chi connectivity index (χ2v) is 4.92. The Morgan fingerprint density at radius 1 is 1.37 bits per heavy atom. The van der Waals surface area contributed by atoms with Crippen molar-refractivity contribution in [2.24, 2.45) is 0 Å². The summed E-state index contributed by atoms with van der Waals surface area (Å²) in [4.78, 5) is 10.5. The van der Waals surface area contributed by atoms with E-state index < -0.39 is 18.2 Å². The molecule has 2 rings (SSSR count). The molecule has 1 aromatic rings. The lowest BCUT2D eigenvalue weighted by molar-refractivity contribution is -0.147. The summed E-state index contributed by atoms with van der Waals surface area (Å²) in [7, 11) is 0. The minimum atomic E-state index is -2.39. The summed E-state index contributed by atoms with van der Waals surface area (Å²) in [5, 5.41) is 18.2. The monoisotopic (exact) mass is 334 g/mol. The lowest BCUT2D eigenvalue weighted by atomic mass is 10.0. The number of aliphatic hydroxyl groups is 1. The van der Waals surface area contributed by atoms with Crippen LogP contribution in [-0.2, 0) is 4.79 Å². The molecule has 1 heterocycles. The molecule has 2 N–H and O–H groups in total. The van der Waals surface area contributed by atoms with Crippen LogP contribution in [0.25, 0.3) is 0 Å². The Hall–Kier alpha value is -1.34. The smallest absolute Gasteiger partial charge is 0.341 e. The van der Waals surface area contributed by atoms with Gasteiger partial charge >= 0.3 is 5.97 Å². The van der Waals surface area contributed by atoms with Gasteiger partial charge in [0.1, 0.15) is 6.10 Å². The standard InChI is InChI=1S/C12H12BrFO5/c13-7-4-6(10(15)9(14)12(16)17)5-8-11(7)19-3-1-2-18-8/h4-5,9-10,15H,1-3H2,(H,16,17). The van der Waals surface area contributed by atoms with Gasteiger partial charge in [-0.2, -0.15) is 0 Å². The Bertz CT molecular complexity index is 493. The number of fused-ring (bicyclic) bond motifs is 1. The Labute approximate surface area is 117 Å². The second-order valence-electron chi connectivity index (χ2n) is 4.07. The zero-order valence-electron chi connectivity index (χ0n) is 9.81. The van der Waals surface area contributed by atoms with Gasteiger partial charge in [0.05, 0.1) is 17.7 Å². The highest BCUT2D eigenvalue weighted by Crippen LogP contribution is 2.40. The number of carbonyl (C=O) groups is 1. The van der Waals surface area contributed by atoms with Crippen LogP contribution in [0.1, 0.15) is 18.1 Å². The summed E-state index contributed by atoms with van der Waals surface area (Å²) in [5.74, 6) is -0.881. The quantitative estimate of drug-likeness (QED) is 0.884. The molecule has 19 heavy (non-hydrogen) atoms. The van der Waals surface area contributed by atoms with E-state index >= 15 is 0 Å². The number of aliphatic hydroxyl groups excluding tert-OH is 1. The van der Waals surface area contributed by atoms with Gasteiger partial charge in [0.15, 0.2) is 11.5 Å². The molecule has 0 amide bonds. The minimum absolute atomic E-state index is 0.117. The maximum atomic E-state index is 13.3. The van der Waals surface area contributed by atoms with Crippen LogP contribution in [0.3, 0.4) is 0 Å². The molecular formula is C12H12BrFO5. The number of carboxylic acids is 1. The molecule has 2 unspecified atom stereocenters. The highest BCUT2D eigenvalue weighted by Gasteiger charge is 2.29. The first-order chi connectivity index (χ1) is 9.00. The third-order valence-corrected chi connectivity index (χ3v) is 3.27. The molecule has 2 atom stereocenters. The van der Waals surface area contributed by atoms with Crippen molar-refractivity contribution in [2.45, 2.75) is 18.7 Å². The molecule has 7 heteroatoms. The van der Waals surface area contributed by atoms with Crippen LogP contribution in [0.2, 0.25) is 0 Å². The van der Waals surface area contributed by atoms with Crippen LogP contribution in [0.4, 0.5) is 4.39 Å². The lowest BCUT2D eigenvalue weighted by Crippen LogP contribution is -2.23. The van der Waals surface area contributed by atoms with Crippen molar-refractivity contribution >= 4 is 21.9 Å². The normalized spacial score (nSPS) is 17.4. The number of hydrogen-bond acceptors (Lipinski definition) is 4. The average molecular weight is 335 g/mol. The van der Waals surface area contributed by atoms with Gasteiger partial charge < -0.3 is 19.7 Å². The zero-order chi connectivity index (χ0) is 14.0. The van der Waals surface area contributed by atoms with E-state index in [1.165, 1.54) is 12.1 Å². The molecule has 0 bridgehead atoms. The first kappa shape index (κ1) is 14.1. The number of benzene rings is 1. The molecule has 0 spiro atoms. The SMILES string of the molecule is O=C(O)C(F)C(O)c1cc(Br)c2c(c1)OCCCO2. The maximum Gasteiger partial charge on any atom is 0.341 e. The maximum absolute atomic E-state index is 13.3. The van der Waals surface area contributed by atoms with Crippen LogP contribution in [0.5, 0.6) is 11.5 Å². The lowest BCUT2D eigenvalue weighted by Gasteiger charge is -2.16. The average Bonchev–Trinajstić information content (AvgIpc) is 2.62. The van der Waals surface area contributed by atoms with E-state index in [1.807, 2.05) is 0 Å². The first-order valence-corrected chi connectivity index (χ1v) is 6.44. The van der Waals surface area contributed by atoms with E-state index in [9.17, 15) is 14.3 Å². The number of ether oxygens (including phenoxy) is 2. The van der Waals surface area contributed by atoms with Gasteiger partial charge in [-0.05, 0) is 33.6 Å². The molecule has 0 aliphatic carbocycles. The van der Waals surface area contributed by atoms with Crippen LogP contribution >= 0.6 is 15.9 Å². The number of hydrogen-bond donors (Lipinski definition) is 2. The van der Waals surface area contributed by atoms with Crippen molar-refractivity contribution in [1.82, 2.24) is 0 Å². The molecule has 0 fully saturated rings. The van der Waals surface area contributed by atoms with Gasteiger partial charge in [0.25, 0.3) is 0 Å². The van der Waals surface area contributed by atoms with Crippen LogP contribution in [0, 0.1) is 0 Å². The largest absolute Gasteiger partial charge is 0.490 e. The molecule has 104 valence electrons. The highest BCUT2D eigenvalue weighted by molar-refractivity contribution is 9.10. The molecule has 0 saturated heterocycles. The topological polar surface area (TPSA) is 76.0 Å². The third kappa shape index (κ3) is 2.98. The second kappa shape index (κ2) is 5.75. The van der Waals surface area contributed by atoms with E-state index in [0.29, 0.717) is 35.6 Å². The summed E-state index contributed by atoms with van der Waals surface area (Å²) < 4.78 is 24.7. The molecule has 1 aliphatic heterocycles. The number of aliphatic carboxylic acids is 1. The van der Waals surface area contributed by atoms with Gasteiger partial charge in [0.2, 0.25) is 6.17 Å². The van der Waals surface area contributed by atoms with Gasteiger partial charge in [-0.25, -0.2) is 9.18 Å². The number of carboxylic acid groups (broad SMARTS) is 1. The van der Waals surface area contributed by atoms with Crippen LogP contribution in [-0.4, -0.2) is 35.6 Å². The van der Waals surface area contributed by atoms with Crippen molar-refractivity contribution in [3.63, 3.8) is 0 Å². The fraction of sp³-hybridized carbons (Fsp3) is 0.417. The number of halogens is 2. The summed E-state index contributed by atoms with van der Waals surface area (Å²) >= 11 is 3.24. The van der Waals surface area contributed by atoms with Crippen molar-refractivity contribution in [3.05, 3.63) is 22.2 Å². The van der Waals surface area contributed by atoms with E-state index in [2.05, 4.69) is 15.9 Å². The van der Waals surface area contributed by atoms with Gasteiger partial charge in [-0.15, -0.1) is 0 Å².